The zero-order chi connectivity index (χ0) is 21.6. The Hall–Kier alpha value is -3.01. The Labute approximate surface area is 183 Å². The van der Waals surface area contributed by atoms with E-state index in [0.717, 1.165) is 36.1 Å². The number of aromatic nitrogens is 2. The monoisotopic (exact) mass is 412 g/mol. The second-order valence-corrected chi connectivity index (χ2v) is 9.37. The van der Waals surface area contributed by atoms with Gasteiger partial charge in [-0.2, -0.15) is 5.10 Å². The molecule has 1 aromatic heterocycles. The number of benzene rings is 2. The van der Waals surface area contributed by atoms with E-state index in [2.05, 4.69) is 43.3 Å². The van der Waals surface area contributed by atoms with Crippen LogP contribution in [0.3, 0.4) is 0 Å². The van der Waals surface area contributed by atoms with Gasteiger partial charge in [0.2, 0.25) is 0 Å². The number of aldehydes is 1. The molecule has 0 bridgehead atoms. The van der Waals surface area contributed by atoms with Crippen LogP contribution in [0.2, 0.25) is 0 Å². The number of ketones is 1. The van der Waals surface area contributed by atoms with Crippen molar-refractivity contribution in [2.45, 2.75) is 38.0 Å². The summed E-state index contributed by atoms with van der Waals surface area (Å²) in [6, 6.07) is 20.6. The van der Waals surface area contributed by atoms with Gasteiger partial charge in [0.25, 0.3) is 0 Å². The van der Waals surface area contributed by atoms with Crippen LogP contribution < -0.4 is 0 Å². The first-order chi connectivity index (χ1) is 15.0. The Morgan fingerprint density at radius 1 is 1.10 bits per heavy atom. The minimum atomic E-state index is -0.553. The maximum atomic E-state index is 13.3. The van der Waals surface area contributed by atoms with Gasteiger partial charge in [0.15, 0.2) is 0 Å². The van der Waals surface area contributed by atoms with Crippen LogP contribution in [0.25, 0.3) is 11.3 Å². The maximum Gasteiger partial charge on any atom is 0.146 e. The van der Waals surface area contributed by atoms with Crippen molar-refractivity contribution in [2.24, 2.45) is 24.8 Å². The molecule has 1 fully saturated rings. The molecule has 1 unspecified atom stereocenters. The lowest BCUT2D eigenvalue weighted by molar-refractivity contribution is -0.138. The largest absolute Gasteiger partial charge is 0.303 e. The van der Waals surface area contributed by atoms with Crippen LogP contribution in [-0.2, 0) is 34.9 Å². The summed E-state index contributed by atoms with van der Waals surface area (Å²) in [7, 11) is 2.01. The number of fused-ring (bicyclic) bond motifs is 3. The van der Waals surface area contributed by atoms with Crippen molar-refractivity contribution in [3.8, 4) is 11.3 Å². The number of hydrogen-bond donors (Lipinski definition) is 0. The van der Waals surface area contributed by atoms with Gasteiger partial charge < -0.3 is 4.79 Å². The minimum Gasteiger partial charge on any atom is -0.303 e. The zero-order valence-corrected chi connectivity index (χ0v) is 18.1. The van der Waals surface area contributed by atoms with Crippen LogP contribution in [0, 0.1) is 17.8 Å². The molecule has 4 nitrogen and oxygen atoms in total. The van der Waals surface area contributed by atoms with Gasteiger partial charge in [-0.15, -0.1) is 0 Å². The van der Waals surface area contributed by atoms with Crippen molar-refractivity contribution < 1.29 is 9.59 Å². The van der Waals surface area contributed by atoms with Crippen LogP contribution in [0.4, 0.5) is 0 Å². The van der Waals surface area contributed by atoms with Crippen LogP contribution in [0.5, 0.6) is 0 Å². The van der Waals surface area contributed by atoms with Crippen molar-refractivity contribution in [2.75, 3.05) is 0 Å². The van der Waals surface area contributed by atoms with Gasteiger partial charge in [-0.3, -0.25) is 9.48 Å². The molecule has 2 aliphatic rings. The average Bonchev–Trinajstić information content (AvgIpc) is 3.14. The van der Waals surface area contributed by atoms with Crippen molar-refractivity contribution >= 4 is 12.1 Å². The van der Waals surface area contributed by atoms with Gasteiger partial charge in [0.05, 0.1) is 17.3 Å². The minimum absolute atomic E-state index is 0.115. The molecule has 1 heterocycles. The lowest BCUT2D eigenvalue weighted by Gasteiger charge is -2.49. The van der Waals surface area contributed by atoms with Crippen LogP contribution in [0.1, 0.15) is 36.6 Å². The van der Waals surface area contributed by atoms with Gasteiger partial charge in [-0.05, 0) is 37.2 Å². The Balaban J connectivity index is 1.60. The molecule has 4 heteroatoms. The number of Topliss-reactive ketones (excluding diaryl/α,β-unsaturated/α-hetero) is 1. The Kier molecular flexibility index (Phi) is 4.88. The molecule has 0 radical (unpaired) electrons. The summed E-state index contributed by atoms with van der Waals surface area (Å²) in [4.78, 5) is 25.3. The van der Waals surface area contributed by atoms with Crippen molar-refractivity contribution in [1.82, 2.24) is 9.78 Å². The van der Waals surface area contributed by atoms with E-state index in [1.807, 2.05) is 36.0 Å². The number of carbonyl (C=O) groups is 2. The molecule has 3 aromatic rings. The first-order valence-corrected chi connectivity index (χ1v) is 11.2. The maximum absolute atomic E-state index is 13.3. The Bertz CT molecular complexity index is 1120. The summed E-state index contributed by atoms with van der Waals surface area (Å²) < 4.78 is 1.99. The Morgan fingerprint density at radius 3 is 2.45 bits per heavy atom. The van der Waals surface area contributed by atoms with Crippen molar-refractivity contribution in [3.05, 3.63) is 77.5 Å². The quantitative estimate of drug-likeness (QED) is 0.466. The summed E-state index contributed by atoms with van der Waals surface area (Å²) in [5.74, 6) is -0.388. The van der Waals surface area contributed by atoms with Gasteiger partial charge >= 0.3 is 0 Å². The van der Waals surface area contributed by atoms with E-state index < -0.39 is 5.92 Å². The summed E-state index contributed by atoms with van der Waals surface area (Å²) in [5.41, 5.74) is 5.57. The molecule has 5 rings (SSSR count). The van der Waals surface area contributed by atoms with Crippen LogP contribution in [0.15, 0.2) is 60.7 Å². The smallest absolute Gasteiger partial charge is 0.146 e. The number of aryl methyl sites for hydroxylation is 1. The molecule has 0 spiro atoms. The van der Waals surface area contributed by atoms with E-state index in [1.165, 1.54) is 11.1 Å². The third-order valence-electron chi connectivity index (χ3n) is 7.58. The fourth-order valence-electron chi connectivity index (χ4n) is 6.16. The second-order valence-electron chi connectivity index (χ2n) is 9.37. The third kappa shape index (κ3) is 3.16. The zero-order valence-electron chi connectivity index (χ0n) is 18.1. The van der Waals surface area contributed by atoms with Gasteiger partial charge in [-0.1, -0.05) is 67.6 Å². The molecule has 2 aromatic carbocycles. The van der Waals surface area contributed by atoms with Gasteiger partial charge in [0, 0.05) is 29.5 Å². The first-order valence-electron chi connectivity index (χ1n) is 11.2. The topological polar surface area (TPSA) is 52.0 Å². The molecular formula is C27H28N2O2. The van der Waals surface area contributed by atoms with E-state index in [1.54, 1.807) is 0 Å². The highest BCUT2D eigenvalue weighted by Gasteiger charge is 2.54. The van der Waals surface area contributed by atoms with E-state index in [-0.39, 0.29) is 23.0 Å². The molecule has 0 aliphatic heterocycles. The Morgan fingerprint density at radius 2 is 1.77 bits per heavy atom. The third-order valence-corrected chi connectivity index (χ3v) is 7.58. The molecule has 2 aliphatic carbocycles. The normalized spacial score (nSPS) is 27.4. The van der Waals surface area contributed by atoms with Gasteiger partial charge in [0.1, 0.15) is 12.1 Å². The lowest BCUT2D eigenvalue weighted by Crippen LogP contribution is -2.52. The average molecular weight is 413 g/mol. The van der Waals surface area contributed by atoms with E-state index in [4.69, 9.17) is 5.10 Å². The molecular weight excluding hydrogens is 384 g/mol. The highest BCUT2D eigenvalue weighted by molar-refractivity contribution is 5.96. The molecule has 31 heavy (non-hydrogen) atoms. The predicted molar refractivity (Wildman–Crippen MR) is 121 cm³/mol. The molecule has 0 N–H and O–H groups in total. The van der Waals surface area contributed by atoms with E-state index >= 15 is 0 Å². The van der Waals surface area contributed by atoms with Gasteiger partial charge in [-0.25, -0.2) is 0 Å². The summed E-state index contributed by atoms with van der Waals surface area (Å²) >= 11 is 0. The van der Waals surface area contributed by atoms with Crippen LogP contribution >= 0.6 is 0 Å². The highest BCUT2D eigenvalue weighted by Crippen LogP contribution is 2.54. The number of hydrogen-bond acceptors (Lipinski definition) is 3. The second kappa shape index (κ2) is 7.60. The fourth-order valence-corrected chi connectivity index (χ4v) is 6.16. The predicted octanol–water partition coefficient (Wildman–Crippen LogP) is 4.55. The fraction of sp³-hybridized carbons (Fsp3) is 0.370. The van der Waals surface area contributed by atoms with Crippen LogP contribution in [-0.4, -0.2) is 21.8 Å². The summed E-state index contributed by atoms with van der Waals surface area (Å²) in [6.07, 6.45) is 3.99. The standard InChI is InChI=1S/C27H28N2O2/c1-27-16-20(17-30)25(31)22(15-18-9-5-3-6-10-18)23(27)14-13-21-24(29(2)28-26(21)27)19-11-7-4-8-12-19/h3-12,17,20,22-23H,13-16H2,1-2H3/t20?,22-,23-,27-/m0/s1. The van der Waals surface area contributed by atoms with E-state index in [9.17, 15) is 9.59 Å². The van der Waals surface area contributed by atoms with Crippen molar-refractivity contribution in [3.63, 3.8) is 0 Å². The lowest BCUT2D eigenvalue weighted by atomic mass is 9.53. The summed E-state index contributed by atoms with van der Waals surface area (Å²) in [5, 5.41) is 5.01. The van der Waals surface area contributed by atoms with Crippen molar-refractivity contribution in [1.29, 1.82) is 0 Å². The SMILES string of the molecule is Cn1nc2c(c1-c1ccccc1)CC[C@H]1[C@H](Cc3ccccc3)C(=O)C(C=O)C[C@]21C. The number of rotatable bonds is 4. The molecule has 0 saturated heterocycles. The number of carbonyl (C=O) groups excluding carboxylic acids is 2. The highest BCUT2D eigenvalue weighted by atomic mass is 16.1. The first kappa shape index (κ1) is 19.9. The molecule has 4 atom stereocenters. The van der Waals surface area contributed by atoms with E-state index in [0.29, 0.717) is 12.8 Å². The molecule has 0 amide bonds. The molecule has 158 valence electrons. The molecule has 1 saturated carbocycles. The summed E-state index contributed by atoms with van der Waals surface area (Å²) in [6.45, 7) is 2.23. The number of nitrogens with zero attached hydrogens (tertiary/aromatic N) is 2.